The number of β-lactam (4-membered cyclic amide) rings is 1. The lowest BCUT2D eigenvalue weighted by molar-refractivity contribution is -0.154. The van der Waals surface area contributed by atoms with E-state index in [1.54, 1.807) is 36.0 Å². The fourth-order valence-electron chi connectivity index (χ4n) is 4.86. The van der Waals surface area contributed by atoms with Crippen molar-refractivity contribution in [2.24, 2.45) is 5.92 Å². The third-order valence-electron chi connectivity index (χ3n) is 6.75. The number of thioether (sulfide) groups is 2. The SMILES string of the molecule is CCSC[C@H]1S[C@@H]2[C@H](CC(=O)Cc3ccccc3)C(=O)N2C(C(=O)O)=C1COc1ccc2ccc(=O)oc2c1. The highest BCUT2D eigenvalue weighted by Crippen LogP contribution is 2.49. The predicted molar refractivity (Wildman–Crippen MR) is 151 cm³/mol. The number of rotatable bonds is 11. The molecule has 1 fully saturated rings. The molecule has 39 heavy (non-hydrogen) atoms. The molecule has 2 aromatic carbocycles. The Bertz CT molecular complexity index is 1500. The summed E-state index contributed by atoms with van der Waals surface area (Å²) < 4.78 is 11.2. The van der Waals surface area contributed by atoms with Crippen molar-refractivity contribution in [1.29, 1.82) is 0 Å². The molecule has 5 rings (SSSR count). The molecule has 8 nitrogen and oxygen atoms in total. The molecule has 3 heterocycles. The zero-order valence-corrected chi connectivity index (χ0v) is 22.8. The van der Waals surface area contributed by atoms with Gasteiger partial charge in [0.25, 0.3) is 0 Å². The number of benzene rings is 2. The number of carboxylic acid groups (broad SMARTS) is 1. The monoisotopic (exact) mass is 565 g/mol. The second kappa shape index (κ2) is 11.7. The summed E-state index contributed by atoms with van der Waals surface area (Å²) >= 11 is 3.20. The van der Waals surface area contributed by atoms with Gasteiger partial charge < -0.3 is 14.3 Å². The van der Waals surface area contributed by atoms with Gasteiger partial charge in [-0.1, -0.05) is 37.3 Å². The van der Waals surface area contributed by atoms with Crippen LogP contribution in [-0.4, -0.2) is 56.4 Å². The number of ketones is 1. The number of Topliss-reactive ketones (excluding diaryl/α,β-unsaturated/α-hetero) is 1. The Morgan fingerprint density at radius 3 is 2.62 bits per heavy atom. The molecule has 1 saturated heterocycles. The van der Waals surface area contributed by atoms with E-state index in [2.05, 4.69) is 0 Å². The van der Waals surface area contributed by atoms with Crippen LogP contribution in [0.3, 0.4) is 0 Å². The zero-order chi connectivity index (χ0) is 27.5. The summed E-state index contributed by atoms with van der Waals surface area (Å²) in [6.07, 6.45) is 0.320. The molecule has 2 aliphatic heterocycles. The summed E-state index contributed by atoms with van der Waals surface area (Å²) in [6.45, 7) is 1.99. The van der Waals surface area contributed by atoms with Gasteiger partial charge in [0.1, 0.15) is 29.4 Å². The molecule has 0 aliphatic carbocycles. The number of hydrogen-bond donors (Lipinski definition) is 1. The molecule has 202 valence electrons. The van der Waals surface area contributed by atoms with Crippen LogP contribution < -0.4 is 10.4 Å². The van der Waals surface area contributed by atoms with Gasteiger partial charge >= 0.3 is 11.6 Å². The van der Waals surface area contributed by atoms with Gasteiger partial charge in [0.15, 0.2) is 0 Å². The summed E-state index contributed by atoms with van der Waals surface area (Å²) in [5.74, 6) is -0.230. The molecule has 0 radical (unpaired) electrons. The van der Waals surface area contributed by atoms with E-state index >= 15 is 0 Å². The molecule has 3 aromatic rings. The van der Waals surface area contributed by atoms with Gasteiger partial charge in [-0.3, -0.25) is 14.5 Å². The smallest absolute Gasteiger partial charge is 0.352 e. The first-order valence-corrected chi connectivity index (χ1v) is 14.7. The predicted octanol–water partition coefficient (Wildman–Crippen LogP) is 4.37. The van der Waals surface area contributed by atoms with Crippen LogP contribution in [0.15, 0.2) is 81.1 Å². The van der Waals surface area contributed by atoms with E-state index in [1.807, 2.05) is 37.3 Å². The molecule has 3 atom stereocenters. The number of aliphatic carboxylic acids is 1. The van der Waals surface area contributed by atoms with Crippen molar-refractivity contribution in [1.82, 2.24) is 4.90 Å². The fourth-order valence-corrected chi connectivity index (χ4v) is 7.53. The molecular weight excluding hydrogens is 538 g/mol. The molecule has 0 saturated carbocycles. The number of carbonyl (C=O) groups is 3. The van der Waals surface area contributed by atoms with Crippen molar-refractivity contribution in [3.63, 3.8) is 0 Å². The Balaban J connectivity index is 1.37. The highest BCUT2D eigenvalue weighted by Gasteiger charge is 2.55. The maximum Gasteiger partial charge on any atom is 0.352 e. The highest BCUT2D eigenvalue weighted by atomic mass is 32.2. The maximum absolute atomic E-state index is 13.2. The van der Waals surface area contributed by atoms with Gasteiger partial charge in [-0.25, -0.2) is 9.59 Å². The van der Waals surface area contributed by atoms with E-state index in [1.165, 1.54) is 22.7 Å². The van der Waals surface area contributed by atoms with E-state index in [-0.39, 0.29) is 42.1 Å². The van der Waals surface area contributed by atoms with Crippen molar-refractivity contribution in [2.75, 3.05) is 18.1 Å². The van der Waals surface area contributed by atoms with Crippen LogP contribution in [0.5, 0.6) is 5.75 Å². The van der Waals surface area contributed by atoms with Crippen LogP contribution in [0.4, 0.5) is 0 Å². The molecule has 1 N–H and O–H groups in total. The van der Waals surface area contributed by atoms with Crippen LogP contribution in [0.2, 0.25) is 0 Å². The Kier molecular flexibility index (Phi) is 8.13. The molecule has 2 aliphatic rings. The van der Waals surface area contributed by atoms with Gasteiger partial charge in [0.05, 0.1) is 11.3 Å². The van der Waals surface area contributed by atoms with Gasteiger partial charge in [-0.05, 0) is 29.5 Å². The first-order chi connectivity index (χ1) is 18.9. The van der Waals surface area contributed by atoms with Crippen LogP contribution in [0.1, 0.15) is 18.9 Å². The number of carbonyl (C=O) groups excluding carboxylic acids is 2. The van der Waals surface area contributed by atoms with Crippen molar-refractivity contribution in [3.8, 4) is 5.75 Å². The number of fused-ring (bicyclic) bond motifs is 2. The fraction of sp³-hybridized carbons (Fsp3) is 0.310. The van der Waals surface area contributed by atoms with Gasteiger partial charge in [0, 0.05) is 46.9 Å². The molecule has 1 aromatic heterocycles. The van der Waals surface area contributed by atoms with Crippen LogP contribution in [0, 0.1) is 5.92 Å². The quantitative estimate of drug-likeness (QED) is 0.267. The number of carboxylic acids is 1. The number of nitrogens with zero attached hydrogens (tertiary/aromatic N) is 1. The average molecular weight is 566 g/mol. The minimum atomic E-state index is -1.20. The topological polar surface area (TPSA) is 114 Å². The lowest BCUT2D eigenvalue weighted by Crippen LogP contribution is -2.63. The number of hydrogen-bond acceptors (Lipinski definition) is 8. The van der Waals surface area contributed by atoms with E-state index in [9.17, 15) is 24.3 Å². The molecule has 0 bridgehead atoms. The minimum absolute atomic E-state index is 0.0414. The number of amides is 1. The molecular formula is C29H27NO7S2. The lowest BCUT2D eigenvalue weighted by Gasteiger charge is -2.51. The van der Waals surface area contributed by atoms with Crippen molar-refractivity contribution < 1.29 is 28.6 Å². The van der Waals surface area contributed by atoms with Crippen molar-refractivity contribution in [2.45, 2.75) is 30.4 Å². The molecule has 10 heteroatoms. The second-order valence-electron chi connectivity index (χ2n) is 9.32. The van der Waals surface area contributed by atoms with Gasteiger partial charge in [-0.2, -0.15) is 11.8 Å². The largest absolute Gasteiger partial charge is 0.489 e. The van der Waals surface area contributed by atoms with Gasteiger partial charge in [-0.15, -0.1) is 11.8 Å². The Labute approximate surface area is 233 Å². The van der Waals surface area contributed by atoms with E-state index in [0.29, 0.717) is 22.7 Å². The van der Waals surface area contributed by atoms with E-state index in [4.69, 9.17) is 9.15 Å². The van der Waals surface area contributed by atoms with Crippen molar-refractivity contribution in [3.05, 3.63) is 87.9 Å². The first kappa shape index (κ1) is 27.1. The van der Waals surface area contributed by atoms with Crippen LogP contribution in [0.25, 0.3) is 11.0 Å². The molecule has 0 spiro atoms. The standard InChI is InChI=1S/C29H27NO7S2/c1-2-38-16-24-22(15-36-20-10-8-18-9-11-25(32)37-23(18)14-20)26(29(34)35)30-27(33)21(28(30)39-24)13-19(31)12-17-6-4-3-5-7-17/h3-11,14,21,24,28H,2,12-13,15-16H2,1H3,(H,34,35)/t21-,24-,28-/m1/s1. The first-order valence-electron chi connectivity index (χ1n) is 12.6. The van der Waals surface area contributed by atoms with Crippen LogP contribution >= 0.6 is 23.5 Å². The average Bonchev–Trinajstić information content (AvgIpc) is 2.93. The normalized spacial score (nSPS) is 20.5. The van der Waals surface area contributed by atoms with E-state index < -0.39 is 22.9 Å². The Morgan fingerprint density at radius 1 is 1.10 bits per heavy atom. The molecule has 0 unspecified atom stereocenters. The highest BCUT2D eigenvalue weighted by molar-refractivity contribution is 8.03. The summed E-state index contributed by atoms with van der Waals surface area (Å²) in [6, 6.07) is 17.4. The van der Waals surface area contributed by atoms with E-state index in [0.717, 1.165) is 16.7 Å². The Morgan fingerprint density at radius 2 is 1.87 bits per heavy atom. The second-order valence-corrected chi connectivity index (χ2v) is 12.0. The van der Waals surface area contributed by atoms with Crippen molar-refractivity contribution >= 4 is 52.2 Å². The Hall–Kier alpha value is -3.50. The lowest BCUT2D eigenvalue weighted by atomic mass is 9.88. The van der Waals surface area contributed by atoms with Crippen LogP contribution in [-0.2, 0) is 20.8 Å². The number of ether oxygens (including phenoxy) is 1. The maximum atomic E-state index is 13.2. The summed E-state index contributed by atoms with van der Waals surface area (Å²) in [5, 5.41) is 10.3. The third kappa shape index (κ3) is 5.77. The summed E-state index contributed by atoms with van der Waals surface area (Å²) in [5.41, 5.74) is 1.23. The summed E-state index contributed by atoms with van der Waals surface area (Å²) in [7, 11) is 0. The summed E-state index contributed by atoms with van der Waals surface area (Å²) in [4.78, 5) is 51.4. The molecule has 1 amide bonds. The minimum Gasteiger partial charge on any atom is -0.489 e. The zero-order valence-electron chi connectivity index (χ0n) is 21.2. The van der Waals surface area contributed by atoms with Gasteiger partial charge in [0.2, 0.25) is 5.91 Å². The third-order valence-corrected chi connectivity index (χ3v) is 9.53.